The van der Waals surface area contributed by atoms with Gasteiger partial charge < -0.3 is 15.8 Å². The summed E-state index contributed by atoms with van der Waals surface area (Å²) < 4.78 is 4.87. The van der Waals surface area contributed by atoms with Crippen molar-refractivity contribution >= 4 is 41.5 Å². The van der Waals surface area contributed by atoms with Gasteiger partial charge in [0.2, 0.25) is 5.91 Å². The van der Waals surface area contributed by atoms with E-state index < -0.39 is 11.6 Å². The van der Waals surface area contributed by atoms with Crippen molar-refractivity contribution in [1.29, 1.82) is 0 Å². The van der Waals surface area contributed by atoms with Gasteiger partial charge in [0.05, 0.1) is 12.1 Å². The van der Waals surface area contributed by atoms with Gasteiger partial charge in [0, 0.05) is 22.7 Å². The molecule has 0 radical (unpaired) electrons. The van der Waals surface area contributed by atoms with Gasteiger partial charge in [0.15, 0.2) is 0 Å². The summed E-state index contributed by atoms with van der Waals surface area (Å²) in [6, 6.07) is 4.63. The second-order valence-electron chi connectivity index (χ2n) is 4.73. The first-order valence-electron chi connectivity index (χ1n) is 6.01. The van der Waals surface area contributed by atoms with Crippen LogP contribution in [-0.4, -0.2) is 25.7 Å². The number of nitrogens with two attached hydrogens (primary N) is 1. The first-order chi connectivity index (χ1) is 9.00. The molecule has 1 atom stereocenters. The maximum Gasteiger partial charge on any atom is 0.240 e. The molecule has 1 fully saturated rings. The highest BCUT2D eigenvalue weighted by Gasteiger charge is 2.48. The number of amides is 1. The zero-order valence-electron chi connectivity index (χ0n) is 11.0. The number of ether oxygens (including phenoxy) is 1. The topological polar surface area (TPSA) is 64.3 Å². The summed E-state index contributed by atoms with van der Waals surface area (Å²) >= 11 is 12.4. The number of benzene rings is 1. The highest BCUT2D eigenvalue weighted by Crippen LogP contribution is 2.50. The van der Waals surface area contributed by atoms with Gasteiger partial charge >= 0.3 is 0 Å². The Balaban J connectivity index is 0.00000200. The molecule has 20 heavy (non-hydrogen) atoms. The molecule has 1 aromatic rings. The van der Waals surface area contributed by atoms with Crippen LogP contribution < -0.4 is 11.1 Å². The second kappa shape index (κ2) is 6.96. The van der Waals surface area contributed by atoms with Crippen LogP contribution in [0.1, 0.15) is 18.4 Å². The predicted molar refractivity (Wildman–Crippen MR) is 82.6 cm³/mol. The van der Waals surface area contributed by atoms with E-state index in [0.717, 1.165) is 18.4 Å². The van der Waals surface area contributed by atoms with E-state index in [0.29, 0.717) is 10.0 Å². The normalized spacial score (nSPS) is 17.0. The van der Waals surface area contributed by atoms with Gasteiger partial charge in [-0.1, -0.05) is 29.3 Å². The molecular weight excluding hydrogens is 323 g/mol. The van der Waals surface area contributed by atoms with Crippen molar-refractivity contribution < 1.29 is 9.53 Å². The lowest BCUT2D eigenvalue weighted by molar-refractivity contribution is -0.124. The molecule has 0 spiro atoms. The molecule has 112 valence electrons. The fraction of sp³-hybridized carbons (Fsp3) is 0.462. The van der Waals surface area contributed by atoms with Gasteiger partial charge in [0.25, 0.3) is 0 Å². The molecule has 7 heteroatoms. The van der Waals surface area contributed by atoms with Crippen LogP contribution >= 0.6 is 35.6 Å². The van der Waals surface area contributed by atoms with Crippen LogP contribution in [0.3, 0.4) is 0 Å². The van der Waals surface area contributed by atoms with E-state index >= 15 is 0 Å². The maximum absolute atomic E-state index is 12.0. The summed E-state index contributed by atoms with van der Waals surface area (Å²) in [6.07, 6.45) is 1.61. The molecule has 0 bridgehead atoms. The third kappa shape index (κ3) is 3.57. The fourth-order valence-electron chi connectivity index (χ4n) is 2.10. The minimum Gasteiger partial charge on any atom is -0.383 e. The SMILES string of the molecule is COCC(N)C(=O)NC1(c2c(Cl)cccc2Cl)CC1.Cl. The van der Waals surface area contributed by atoms with Gasteiger partial charge in [-0.3, -0.25) is 4.79 Å². The van der Waals surface area contributed by atoms with Crippen molar-refractivity contribution in [2.75, 3.05) is 13.7 Å². The molecule has 0 saturated heterocycles. The third-order valence-electron chi connectivity index (χ3n) is 3.24. The summed E-state index contributed by atoms with van der Waals surface area (Å²) in [5, 5.41) is 4.06. The first-order valence-corrected chi connectivity index (χ1v) is 6.77. The summed E-state index contributed by atoms with van der Waals surface area (Å²) in [5.74, 6) is -0.254. The lowest BCUT2D eigenvalue weighted by atomic mass is 10.0. The third-order valence-corrected chi connectivity index (χ3v) is 3.87. The summed E-state index contributed by atoms with van der Waals surface area (Å²) in [6.45, 7) is 0.179. The molecule has 0 heterocycles. The van der Waals surface area contributed by atoms with Crippen molar-refractivity contribution in [3.05, 3.63) is 33.8 Å². The summed E-state index contributed by atoms with van der Waals surface area (Å²) in [7, 11) is 1.50. The Bertz CT molecular complexity index is 472. The Kier molecular flexibility index (Phi) is 6.10. The van der Waals surface area contributed by atoms with Crippen molar-refractivity contribution in [3.8, 4) is 0 Å². The summed E-state index contributed by atoms with van der Waals surface area (Å²) in [5.41, 5.74) is 6.01. The van der Waals surface area contributed by atoms with Crippen molar-refractivity contribution in [3.63, 3.8) is 0 Å². The van der Waals surface area contributed by atoms with E-state index in [9.17, 15) is 4.79 Å². The number of methoxy groups -OCH3 is 1. The van der Waals surface area contributed by atoms with Crippen molar-refractivity contribution in [2.45, 2.75) is 24.4 Å². The van der Waals surface area contributed by atoms with Crippen LogP contribution in [0.25, 0.3) is 0 Å². The number of hydrogen-bond acceptors (Lipinski definition) is 3. The highest BCUT2D eigenvalue weighted by atomic mass is 35.5. The average Bonchev–Trinajstić information content (AvgIpc) is 3.09. The zero-order valence-corrected chi connectivity index (χ0v) is 13.3. The number of carbonyl (C=O) groups excluding carboxylic acids is 1. The van der Waals surface area contributed by atoms with Crippen LogP contribution in [0.4, 0.5) is 0 Å². The fourth-order valence-corrected chi connectivity index (χ4v) is 2.86. The second-order valence-corrected chi connectivity index (χ2v) is 5.54. The molecule has 3 N–H and O–H groups in total. The largest absolute Gasteiger partial charge is 0.383 e. The van der Waals surface area contributed by atoms with Crippen LogP contribution in [0.5, 0.6) is 0 Å². The van der Waals surface area contributed by atoms with E-state index in [4.69, 9.17) is 33.7 Å². The van der Waals surface area contributed by atoms with E-state index in [2.05, 4.69) is 5.32 Å². The molecule has 1 amide bonds. The minimum atomic E-state index is -0.691. The molecule has 1 aliphatic carbocycles. The van der Waals surface area contributed by atoms with E-state index in [1.807, 2.05) is 0 Å². The number of halogens is 3. The lowest BCUT2D eigenvalue weighted by Gasteiger charge is -2.22. The van der Waals surface area contributed by atoms with Gasteiger partial charge in [0.1, 0.15) is 6.04 Å². The molecule has 0 aromatic heterocycles. The average molecular weight is 340 g/mol. The number of rotatable bonds is 5. The molecule has 1 aliphatic rings. The van der Waals surface area contributed by atoms with Crippen LogP contribution in [-0.2, 0) is 15.1 Å². The Morgan fingerprint density at radius 2 is 2.00 bits per heavy atom. The number of nitrogens with one attached hydrogen (secondary N) is 1. The number of hydrogen-bond donors (Lipinski definition) is 2. The zero-order chi connectivity index (χ0) is 14.0. The Hall–Kier alpha value is -0.520. The molecule has 1 saturated carbocycles. The van der Waals surface area contributed by atoms with Crippen LogP contribution in [0.2, 0.25) is 10.0 Å². The Morgan fingerprint density at radius 3 is 2.45 bits per heavy atom. The molecule has 4 nitrogen and oxygen atoms in total. The van der Waals surface area contributed by atoms with Gasteiger partial charge in [-0.15, -0.1) is 12.4 Å². The van der Waals surface area contributed by atoms with E-state index in [1.54, 1.807) is 18.2 Å². The monoisotopic (exact) mass is 338 g/mol. The number of carbonyl (C=O) groups is 1. The molecular formula is C13H17Cl3N2O2. The van der Waals surface area contributed by atoms with Gasteiger partial charge in [-0.2, -0.15) is 0 Å². The quantitative estimate of drug-likeness (QED) is 0.866. The van der Waals surface area contributed by atoms with Crippen molar-refractivity contribution in [1.82, 2.24) is 5.32 Å². The van der Waals surface area contributed by atoms with Gasteiger partial charge in [-0.25, -0.2) is 0 Å². The Labute approximate surface area is 134 Å². The van der Waals surface area contributed by atoms with Gasteiger partial charge in [-0.05, 0) is 25.0 Å². The standard InChI is InChI=1S/C13H16Cl2N2O2.ClH/c1-19-7-10(16)12(18)17-13(5-6-13)11-8(14)3-2-4-9(11)15;/h2-4,10H,5-7,16H2,1H3,(H,17,18);1H. The van der Waals surface area contributed by atoms with E-state index in [1.165, 1.54) is 7.11 Å². The molecule has 1 unspecified atom stereocenters. The highest BCUT2D eigenvalue weighted by molar-refractivity contribution is 6.36. The Morgan fingerprint density at radius 1 is 1.45 bits per heavy atom. The molecule has 0 aliphatic heterocycles. The molecule has 2 rings (SSSR count). The first kappa shape index (κ1) is 17.5. The van der Waals surface area contributed by atoms with Crippen LogP contribution in [0, 0.1) is 0 Å². The van der Waals surface area contributed by atoms with E-state index in [-0.39, 0.29) is 24.9 Å². The lowest BCUT2D eigenvalue weighted by Crippen LogP contribution is -2.47. The minimum absolute atomic E-state index is 0. The maximum atomic E-state index is 12.0. The summed E-state index contributed by atoms with van der Waals surface area (Å²) in [4.78, 5) is 12.0. The molecule has 1 aromatic carbocycles. The smallest absolute Gasteiger partial charge is 0.240 e. The predicted octanol–water partition coefficient (Wildman–Crippen LogP) is 2.49. The van der Waals surface area contributed by atoms with Crippen molar-refractivity contribution in [2.24, 2.45) is 5.73 Å². The van der Waals surface area contributed by atoms with Crippen LogP contribution in [0.15, 0.2) is 18.2 Å².